The van der Waals surface area contributed by atoms with Gasteiger partial charge < -0.3 is 21.1 Å². The van der Waals surface area contributed by atoms with Crippen molar-refractivity contribution in [2.45, 2.75) is 25.7 Å². The van der Waals surface area contributed by atoms with E-state index in [1.807, 2.05) is 37.3 Å². The fourth-order valence-electron chi connectivity index (χ4n) is 4.23. The van der Waals surface area contributed by atoms with E-state index in [0.29, 0.717) is 48.5 Å². The summed E-state index contributed by atoms with van der Waals surface area (Å²) in [5, 5.41) is 12.3. The van der Waals surface area contributed by atoms with Crippen molar-refractivity contribution in [2.75, 3.05) is 31.6 Å². The van der Waals surface area contributed by atoms with Crippen LogP contribution in [0, 0.1) is 0 Å². The Labute approximate surface area is 210 Å². The number of amides is 1. The van der Waals surface area contributed by atoms with E-state index in [9.17, 15) is 4.79 Å². The van der Waals surface area contributed by atoms with Gasteiger partial charge in [-0.25, -0.2) is 9.97 Å². The molecule has 1 amide bonds. The van der Waals surface area contributed by atoms with E-state index in [0.717, 1.165) is 24.1 Å². The van der Waals surface area contributed by atoms with Crippen molar-refractivity contribution in [1.29, 1.82) is 0 Å². The van der Waals surface area contributed by atoms with Crippen molar-refractivity contribution < 1.29 is 9.90 Å². The average molecular weight is 486 g/mol. The number of aromatic nitrogens is 3. The van der Waals surface area contributed by atoms with E-state index < -0.39 is 6.61 Å². The molecule has 0 radical (unpaired) electrons. The minimum Gasteiger partial charge on any atom is -0.398 e. The van der Waals surface area contributed by atoms with Crippen molar-refractivity contribution in [3.8, 4) is 0 Å². The molecule has 1 saturated heterocycles. The van der Waals surface area contributed by atoms with E-state index in [2.05, 4.69) is 37.4 Å². The highest BCUT2D eigenvalue weighted by Gasteiger charge is 2.23. The van der Waals surface area contributed by atoms with Gasteiger partial charge in [-0.2, -0.15) is 0 Å². The molecule has 1 aliphatic heterocycles. The molecule has 1 fully saturated rings. The first-order valence-corrected chi connectivity index (χ1v) is 12.1. The van der Waals surface area contributed by atoms with Crippen molar-refractivity contribution >= 4 is 35.0 Å². The Kier molecular flexibility index (Phi) is 8.36. The number of aliphatic hydroxyl groups excluding tert-OH is 1. The molecule has 4 rings (SSSR count). The number of pyridine rings is 1. The summed E-state index contributed by atoms with van der Waals surface area (Å²) >= 11 is 0. The van der Waals surface area contributed by atoms with Crippen LogP contribution < -0.4 is 11.1 Å². The first-order chi connectivity index (χ1) is 17.6. The maximum Gasteiger partial charge on any atom is 0.248 e. The maximum atomic E-state index is 11.7. The number of nitrogens with two attached hydrogens (primary N) is 1. The van der Waals surface area contributed by atoms with Crippen LogP contribution in [0.2, 0.25) is 0 Å². The van der Waals surface area contributed by atoms with Gasteiger partial charge in [0.25, 0.3) is 0 Å². The van der Waals surface area contributed by atoms with Gasteiger partial charge in [0.2, 0.25) is 11.9 Å². The summed E-state index contributed by atoms with van der Waals surface area (Å²) in [4.78, 5) is 31.0. The van der Waals surface area contributed by atoms with Crippen LogP contribution in [0.5, 0.6) is 0 Å². The Balaban J connectivity index is 1.49. The number of carbonyl (C=O) groups is 1. The molecule has 0 aliphatic carbocycles. The van der Waals surface area contributed by atoms with Gasteiger partial charge in [-0.15, -0.1) is 0 Å². The van der Waals surface area contributed by atoms with Crippen LogP contribution in [-0.4, -0.2) is 63.3 Å². The molecule has 0 unspecified atom stereocenters. The van der Waals surface area contributed by atoms with Crippen molar-refractivity contribution in [3.05, 3.63) is 77.9 Å². The largest absolute Gasteiger partial charge is 0.398 e. The van der Waals surface area contributed by atoms with Gasteiger partial charge in [0.1, 0.15) is 6.61 Å². The van der Waals surface area contributed by atoms with Gasteiger partial charge in [0.05, 0.1) is 11.4 Å². The summed E-state index contributed by atoms with van der Waals surface area (Å²) in [7, 11) is 0. The number of hydrogen-bond donors (Lipinski definition) is 3. The number of likely N-dealkylation sites (tertiary alicyclic amines) is 1. The van der Waals surface area contributed by atoms with Crippen LogP contribution in [0.1, 0.15) is 42.5 Å². The standard InChI is InChI=1S/C27H31N7O2/c1-2-29-17-23(26(28)21-4-3-12-30-16-21)24-9-13-31-27(33-24)32-22-7-5-19(6-8-22)20-10-14-34(15-11-20)25(36)18-35/h3-9,12-13,16-17,20,35H,2,10-11,14-15,18,28H2,1H3,(H,31,32,33). The van der Waals surface area contributed by atoms with Crippen molar-refractivity contribution in [2.24, 2.45) is 10.7 Å². The summed E-state index contributed by atoms with van der Waals surface area (Å²) in [5.41, 5.74) is 11.3. The summed E-state index contributed by atoms with van der Waals surface area (Å²) in [5.74, 6) is 0.649. The third-order valence-corrected chi connectivity index (χ3v) is 6.22. The highest BCUT2D eigenvalue weighted by atomic mass is 16.3. The number of aliphatic imine (C=N–C) groups is 1. The van der Waals surface area contributed by atoms with Crippen molar-refractivity contribution in [3.63, 3.8) is 0 Å². The Morgan fingerprint density at radius 2 is 1.97 bits per heavy atom. The number of nitrogens with one attached hydrogen (secondary N) is 1. The molecule has 9 nitrogen and oxygen atoms in total. The van der Waals surface area contributed by atoms with Crippen LogP contribution in [0.15, 0.2) is 66.0 Å². The van der Waals surface area contributed by atoms with Crippen LogP contribution in [0.3, 0.4) is 0 Å². The molecule has 186 valence electrons. The molecular weight excluding hydrogens is 454 g/mol. The van der Waals surface area contributed by atoms with Gasteiger partial charge in [0.15, 0.2) is 0 Å². The zero-order chi connectivity index (χ0) is 25.3. The minimum atomic E-state index is -0.424. The van der Waals surface area contributed by atoms with Crippen LogP contribution in [0.4, 0.5) is 11.6 Å². The fourth-order valence-corrected chi connectivity index (χ4v) is 4.23. The molecule has 0 atom stereocenters. The molecule has 1 aliphatic rings. The number of piperidine rings is 1. The lowest BCUT2D eigenvalue weighted by Crippen LogP contribution is -2.39. The normalized spacial score (nSPS) is 15.1. The third-order valence-electron chi connectivity index (χ3n) is 6.22. The first-order valence-electron chi connectivity index (χ1n) is 12.1. The molecule has 1 aromatic carbocycles. The molecule has 0 saturated carbocycles. The zero-order valence-electron chi connectivity index (χ0n) is 20.3. The molecule has 0 spiro atoms. The number of carbonyl (C=O) groups excluding carboxylic acids is 1. The van der Waals surface area contributed by atoms with E-state index in [1.54, 1.807) is 29.7 Å². The Hall–Kier alpha value is -4.11. The Morgan fingerprint density at radius 3 is 2.64 bits per heavy atom. The van der Waals surface area contributed by atoms with E-state index in [4.69, 9.17) is 10.8 Å². The minimum absolute atomic E-state index is 0.198. The van der Waals surface area contributed by atoms with Gasteiger partial charge in [-0.1, -0.05) is 12.1 Å². The molecular formula is C27H31N7O2. The maximum absolute atomic E-state index is 11.7. The van der Waals surface area contributed by atoms with Gasteiger partial charge in [-0.3, -0.25) is 14.8 Å². The molecule has 0 bridgehead atoms. The van der Waals surface area contributed by atoms with Gasteiger partial charge in [0, 0.05) is 61.3 Å². The third kappa shape index (κ3) is 6.11. The second kappa shape index (κ2) is 12.0. The number of allylic oxidation sites excluding steroid dienone is 1. The van der Waals surface area contributed by atoms with Gasteiger partial charge >= 0.3 is 0 Å². The predicted molar refractivity (Wildman–Crippen MR) is 142 cm³/mol. The summed E-state index contributed by atoms with van der Waals surface area (Å²) < 4.78 is 0. The van der Waals surface area contributed by atoms with E-state index in [-0.39, 0.29) is 5.91 Å². The van der Waals surface area contributed by atoms with Gasteiger partial charge in [-0.05, 0) is 61.6 Å². The predicted octanol–water partition coefficient (Wildman–Crippen LogP) is 3.23. The zero-order valence-corrected chi connectivity index (χ0v) is 20.3. The SMILES string of the molecule is CCN=CC(=C(N)c1cccnc1)c1ccnc(Nc2ccc(C3CCN(C(=O)CO)CC3)cc2)n1. The molecule has 3 aromatic rings. The lowest BCUT2D eigenvalue weighted by atomic mass is 9.89. The quantitative estimate of drug-likeness (QED) is 0.418. The molecule has 9 heteroatoms. The lowest BCUT2D eigenvalue weighted by Gasteiger charge is -2.32. The summed E-state index contributed by atoms with van der Waals surface area (Å²) in [6, 6.07) is 13.8. The smallest absolute Gasteiger partial charge is 0.248 e. The highest BCUT2D eigenvalue weighted by molar-refractivity contribution is 6.18. The summed E-state index contributed by atoms with van der Waals surface area (Å²) in [6.45, 7) is 3.51. The van der Waals surface area contributed by atoms with Crippen LogP contribution in [0.25, 0.3) is 11.3 Å². The monoisotopic (exact) mass is 485 g/mol. The second-order valence-corrected chi connectivity index (χ2v) is 8.52. The number of benzene rings is 1. The second-order valence-electron chi connectivity index (χ2n) is 8.52. The number of rotatable bonds is 8. The first kappa shape index (κ1) is 25.0. The molecule has 4 N–H and O–H groups in total. The topological polar surface area (TPSA) is 130 Å². The van der Waals surface area contributed by atoms with Crippen LogP contribution in [-0.2, 0) is 4.79 Å². The summed E-state index contributed by atoms with van der Waals surface area (Å²) in [6.07, 6.45) is 8.62. The Morgan fingerprint density at radius 1 is 1.19 bits per heavy atom. The van der Waals surface area contributed by atoms with Crippen molar-refractivity contribution in [1.82, 2.24) is 19.9 Å². The Bertz CT molecular complexity index is 1220. The molecule has 36 heavy (non-hydrogen) atoms. The number of nitrogens with zero attached hydrogens (tertiary/aromatic N) is 5. The lowest BCUT2D eigenvalue weighted by molar-refractivity contribution is -0.135. The number of hydrogen-bond acceptors (Lipinski definition) is 8. The highest BCUT2D eigenvalue weighted by Crippen LogP contribution is 2.29. The average Bonchev–Trinajstić information content (AvgIpc) is 2.94. The fraction of sp³-hybridized carbons (Fsp3) is 0.296. The molecule has 3 heterocycles. The van der Waals surface area contributed by atoms with E-state index >= 15 is 0 Å². The number of aliphatic hydroxyl groups is 1. The van der Waals surface area contributed by atoms with Crippen LogP contribution >= 0.6 is 0 Å². The molecule has 2 aromatic heterocycles. The van der Waals surface area contributed by atoms with E-state index in [1.165, 1.54) is 5.56 Å². The number of anilines is 2.